The zero-order valence-corrected chi connectivity index (χ0v) is 21.5. The summed E-state index contributed by atoms with van der Waals surface area (Å²) in [6, 6.07) is 13.5. The van der Waals surface area contributed by atoms with Crippen LogP contribution in [0.3, 0.4) is 0 Å². The van der Waals surface area contributed by atoms with Crippen LogP contribution < -0.4 is 10.6 Å². The van der Waals surface area contributed by atoms with Gasteiger partial charge in [-0.3, -0.25) is 9.59 Å². The SMILES string of the molecule is CCn1c(SCC(=O)Nc2ccc(Cl)cc2)nnc1[C@H](CC(C)C)NC(=O)c1ccccc1Cl. The van der Waals surface area contributed by atoms with Crippen LogP contribution >= 0.6 is 35.0 Å². The van der Waals surface area contributed by atoms with Crippen molar-refractivity contribution >= 4 is 52.5 Å². The molecular weight excluding hydrogens is 493 g/mol. The molecule has 1 aromatic heterocycles. The van der Waals surface area contributed by atoms with Crippen LogP contribution in [0.15, 0.2) is 53.7 Å². The monoisotopic (exact) mass is 519 g/mol. The Labute approximate surface area is 213 Å². The minimum atomic E-state index is -0.353. The van der Waals surface area contributed by atoms with E-state index in [0.717, 1.165) is 0 Å². The predicted molar refractivity (Wildman–Crippen MR) is 138 cm³/mol. The summed E-state index contributed by atoms with van der Waals surface area (Å²) in [5.41, 5.74) is 1.08. The predicted octanol–water partition coefficient (Wildman–Crippen LogP) is 5.85. The van der Waals surface area contributed by atoms with Crippen molar-refractivity contribution in [3.63, 3.8) is 0 Å². The van der Waals surface area contributed by atoms with E-state index in [9.17, 15) is 9.59 Å². The van der Waals surface area contributed by atoms with Crippen LogP contribution in [-0.4, -0.2) is 32.3 Å². The maximum Gasteiger partial charge on any atom is 0.253 e. The van der Waals surface area contributed by atoms with E-state index < -0.39 is 0 Å². The first-order valence-corrected chi connectivity index (χ1v) is 12.7. The molecule has 1 atom stereocenters. The van der Waals surface area contributed by atoms with E-state index >= 15 is 0 Å². The van der Waals surface area contributed by atoms with E-state index in [4.69, 9.17) is 23.2 Å². The summed E-state index contributed by atoms with van der Waals surface area (Å²) in [7, 11) is 0. The second-order valence-corrected chi connectivity index (χ2v) is 9.85. The molecule has 0 spiro atoms. The van der Waals surface area contributed by atoms with Crippen LogP contribution in [0.5, 0.6) is 0 Å². The van der Waals surface area contributed by atoms with Crippen molar-refractivity contribution in [3.8, 4) is 0 Å². The van der Waals surface area contributed by atoms with E-state index in [1.807, 2.05) is 11.5 Å². The molecule has 1 heterocycles. The van der Waals surface area contributed by atoms with Gasteiger partial charge in [-0.2, -0.15) is 0 Å². The van der Waals surface area contributed by atoms with Gasteiger partial charge in [-0.05, 0) is 55.7 Å². The van der Waals surface area contributed by atoms with Gasteiger partial charge in [0.2, 0.25) is 5.91 Å². The van der Waals surface area contributed by atoms with Crippen molar-refractivity contribution in [2.24, 2.45) is 5.92 Å². The third kappa shape index (κ3) is 6.98. The lowest BCUT2D eigenvalue weighted by atomic mass is 10.0. The average molecular weight is 520 g/mol. The van der Waals surface area contributed by atoms with Crippen LogP contribution in [0.2, 0.25) is 10.0 Å². The second kappa shape index (κ2) is 12.2. The summed E-state index contributed by atoms with van der Waals surface area (Å²) in [5, 5.41) is 16.2. The van der Waals surface area contributed by atoms with E-state index in [0.29, 0.717) is 51.2 Å². The third-order valence-corrected chi connectivity index (χ3v) is 6.51. The van der Waals surface area contributed by atoms with Crippen LogP contribution in [0.25, 0.3) is 0 Å². The van der Waals surface area contributed by atoms with Gasteiger partial charge in [0.05, 0.1) is 22.4 Å². The number of aromatic nitrogens is 3. The highest BCUT2D eigenvalue weighted by Crippen LogP contribution is 2.26. The summed E-state index contributed by atoms with van der Waals surface area (Å²) in [4.78, 5) is 25.3. The molecule has 0 fully saturated rings. The Bertz CT molecular complexity index is 1130. The molecule has 0 aliphatic heterocycles. The summed E-state index contributed by atoms with van der Waals surface area (Å²) < 4.78 is 1.93. The Balaban J connectivity index is 1.73. The fourth-order valence-corrected chi connectivity index (χ4v) is 4.56. The fourth-order valence-electron chi connectivity index (χ4n) is 3.40. The quantitative estimate of drug-likeness (QED) is 0.327. The van der Waals surface area contributed by atoms with Gasteiger partial charge < -0.3 is 15.2 Å². The third-order valence-electron chi connectivity index (χ3n) is 4.96. The normalized spacial score (nSPS) is 11.9. The van der Waals surface area contributed by atoms with Crippen molar-refractivity contribution in [1.82, 2.24) is 20.1 Å². The number of rotatable bonds is 10. The first-order valence-electron chi connectivity index (χ1n) is 10.9. The van der Waals surface area contributed by atoms with Gasteiger partial charge in [0.25, 0.3) is 5.91 Å². The number of carbonyl (C=O) groups is 2. The number of halogens is 2. The number of nitrogens with one attached hydrogen (secondary N) is 2. The van der Waals surface area contributed by atoms with Crippen LogP contribution in [0, 0.1) is 5.92 Å². The van der Waals surface area contributed by atoms with E-state index in [1.54, 1.807) is 48.5 Å². The van der Waals surface area contributed by atoms with Gasteiger partial charge in [-0.15, -0.1) is 10.2 Å². The molecule has 0 aliphatic carbocycles. The zero-order valence-electron chi connectivity index (χ0n) is 19.2. The van der Waals surface area contributed by atoms with Gasteiger partial charge in [-0.25, -0.2) is 0 Å². The number of carbonyl (C=O) groups excluding carboxylic acids is 2. The minimum absolute atomic E-state index is 0.162. The Morgan fingerprint density at radius 1 is 1.06 bits per heavy atom. The molecule has 0 saturated carbocycles. The number of hydrogen-bond acceptors (Lipinski definition) is 5. The summed E-state index contributed by atoms with van der Waals surface area (Å²) >= 11 is 13.4. The lowest BCUT2D eigenvalue weighted by Gasteiger charge is -2.21. The van der Waals surface area contributed by atoms with Crippen molar-refractivity contribution in [3.05, 3.63) is 70.0 Å². The first-order chi connectivity index (χ1) is 16.3. The van der Waals surface area contributed by atoms with Crippen LogP contribution in [-0.2, 0) is 11.3 Å². The van der Waals surface area contributed by atoms with Gasteiger partial charge in [0.1, 0.15) is 0 Å². The Morgan fingerprint density at radius 3 is 2.41 bits per heavy atom. The molecular formula is C24H27Cl2N5O2S. The minimum Gasteiger partial charge on any atom is -0.342 e. The number of benzene rings is 2. The number of hydrogen-bond donors (Lipinski definition) is 2. The van der Waals surface area contributed by atoms with Gasteiger partial charge in [-0.1, -0.05) is 60.9 Å². The lowest BCUT2D eigenvalue weighted by Crippen LogP contribution is -2.31. The van der Waals surface area contributed by atoms with Crippen LogP contribution in [0.1, 0.15) is 49.4 Å². The molecule has 3 rings (SSSR count). The van der Waals surface area contributed by atoms with E-state index in [-0.39, 0.29) is 23.6 Å². The molecule has 2 aromatic carbocycles. The highest BCUT2D eigenvalue weighted by atomic mass is 35.5. The van der Waals surface area contributed by atoms with Gasteiger partial charge >= 0.3 is 0 Å². The average Bonchev–Trinajstić information content (AvgIpc) is 3.21. The second-order valence-electron chi connectivity index (χ2n) is 8.06. The molecule has 2 N–H and O–H groups in total. The number of nitrogens with zero attached hydrogens (tertiary/aromatic N) is 3. The first kappa shape index (κ1) is 26.1. The smallest absolute Gasteiger partial charge is 0.253 e. The molecule has 0 bridgehead atoms. The van der Waals surface area contributed by atoms with Crippen molar-refractivity contribution in [2.45, 2.75) is 44.9 Å². The number of amides is 2. The van der Waals surface area contributed by atoms with Crippen molar-refractivity contribution in [2.75, 3.05) is 11.1 Å². The molecule has 180 valence electrons. The molecule has 7 nitrogen and oxygen atoms in total. The highest BCUT2D eigenvalue weighted by Gasteiger charge is 2.25. The molecule has 3 aromatic rings. The standard InChI is InChI=1S/C24H27Cl2N5O2S/c1-4-31-22(20(13-15(2)3)28-23(33)18-7-5-6-8-19(18)26)29-30-24(31)34-14-21(32)27-17-11-9-16(25)10-12-17/h5-12,15,20H,4,13-14H2,1-3H3,(H,27,32)(H,28,33)/t20-/m0/s1. The van der Waals surface area contributed by atoms with E-state index in [1.165, 1.54) is 11.8 Å². The maximum absolute atomic E-state index is 12.9. The summed E-state index contributed by atoms with van der Waals surface area (Å²) in [6.45, 7) is 6.74. The number of anilines is 1. The molecule has 34 heavy (non-hydrogen) atoms. The van der Waals surface area contributed by atoms with Crippen LogP contribution in [0.4, 0.5) is 5.69 Å². The Kier molecular flexibility index (Phi) is 9.38. The number of thioether (sulfide) groups is 1. The molecule has 0 radical (unpaired) electrons. The Morgan fingerprint density at radius 2 is 1.76 bits per heavy atom. The van der Waals surface area contributed by atoms with Gasteiger partial charge in [0, 0.05) is 17.3 Å². The summed E-state index contributed by atoms with van der Waals surface area (Å²) in [6.07, 6.45) is 0.677. The molecule has 10 heteroatoms. The highest BCUT2D eigenvalue weighted by molar-refractivity contribution is 7.99. The lowest BCUT2D eigenvalue weighted by molar-refractivity contribution is -0.113. The Hall–Kier alpha value is -2.55. The topological polar surface area (TPSA) is 88.9 Å². The fraction of sp³-hybridized carbons (Fsp3) is 0.333. The molecule has 0 unspecified atom stereocenters. The zero-order chi connectivity index (χ0) is 24.7. The molecule has 2 amide bonds. The largest absolute Gasteiger partial charge is 0.342 e. The van der Waals surface area contributed by atoms with Crippen molar-refractivity contribution in [1.29, 1.82) is 0 Å². The maximum atomic E-state index is 12.9. The van der Waals surface area contributed by atoms with E-state index in [2.05, 4.69) is 34.7 Å². The molecule has 0 saturated heterocycles. The van der Waals surface area contributed by atoms with Gasteiger partial charge in [0.15, 0.2) is 11.0 Å². The molecule has 0 aliphatic rings. The van der Waals surface area contributed by atoms with Crippen molar-refractivity contribution < 1.29 is 9.59 Å². The summed E-state index contributed by atoms with van der Waals surface area (Å²) in [5.74, 6) is 0.697.